The molecule has 1 aliphatic rings. The van der Waals surface area contributed by atoms with Crippen molar-refractivity contribution in [2.75, 3.05) is 6.61 Å². The van der Waals surface area contributed by atoms with Crippen LogP contribution in [0.1, 0.15) is 18.9 Å². The van der Waals surface area contributed by atoms with Gasteiger partial charge in [-0.25, -0.2) is 0 Å². The van der Waals surface area contributed by atoms with Crippen LogP contribution in [-0.4, -0.2) is 52.6 Å². The molecule has 2 rings (SSSR count). The first-order chi connectivity index (χ1) is 12.1. The number of benzene rings is 1. The van der Waals surface area contributed by atoms with Gasteiger partial charge in [0.15, 0.2) is 12.0 Å². The van der Waals surface area contributed by atoms with E-state index in [2.05, 4.69) is 0 Å². The summed E-state index contributed by atoms with van der Waals surface area (Å²) in [5.74, 6) is 0.112. The molecule has 0 saturated carbocycles. The van der Waals surface area contributed by atoms with Crippen LogP contribution in [0, 0.1) is 11.3 Å². The van der Waals surface area contributed by atoms with Crippen LogP contribution in [0.2, 0.25) is 0 Å². The van der Waals surface area contributed by atoms with Crippen LogP contribution in [0.25, 0.3) is 0 Å². The molecular weight excluding hydrogens is 326 g/mol. The minimum absolute atomic E-state index is 0.112. The van der Waals surface area contributed by atoms with Crippen LogP contribution in [0.3, 0.4) is 0 Å². The van der Waals surface area contributed by atoms with Crippen LogP contribution in [0.15, 0.2) is 42.2 Å². The molecule has 0 spiro atoms. The van der Waals surface area contributed by atoms with E-state index in [-0.39, 0.29) is 18.8 Å². The number of rotatable bonds is 7. The molecule has 0 unspecified atom stereocenters. The molecule has 7 heteroatoms. The first-order valence-electron chi connectivity index (χ1n) is 8.15. The predicted octanol–water partition coefficient (Wildman–Crippen LogP) is 0.845. The topological polar surface area (TPSA) is 112 Å². The lowest BCUT2D eigenvalue weighted by Gasteiger charge is -2.40. The second-order valence-corrected chi connectivity index (χ2v) is 5.66. The van der Waals surface area contributed by atoms with Crippen LogP contribution in [-0.2, 0) is 20.8 Å². The highest BCUT2D eigenvalue weighted by molar-refractivity contribution is 5.14. The predicted molar refractivity (Wildman–Crippen MR) is 87.9 cm³/mol. The van der Waals surface area contributed by atoms with Crippen LogP contribution in [0.4, 0.5) is 0 Å². The molecule has 0 aliphatic carbocycles. The van der Waals surface area contributed by atoms with Crippen molar-refractivity contribution < 1.29 is 29.5 Å². The lowest BCUT2D eigenvalue weighted by Crippen LogP contribution is -2.58. The summed E-state index contributed by atoms with van der Waals surface area (Å²) in [5, 5.41) is 39.1. The van der Waals surface area contributed by atoms with Crippen molar-refractivity contribution in [1.82, 2.24) is 0 Å². The molecule has 1 heterocycles. The summed E-state index contributed by atoms with van der Waals surface area (Å²) in [6.45, 7) is 2.29. The molecule has 1 saturated heterocycles. The number of ether oxygens (including phenoxy) is 3. The van der Waals surface area contributed by atoms with E-state index in [9.17, 15) is 15.3 Å². The van der Waals surface area contributed by atoms with Crippen molar-refractivity contribution in [1.29, 1.82) is 5.26 Å². The summed E-state index contributed by atoms with van der Waals surface area (Å²) in [5.41, 5.74) is 0.887. The van der Waals surface area contributed by atoms with Crippen LogP contribution >= 0.6 is 0 Å². The monoisotopic (exact) mass is 349 g/mol. The minimum atomic E-state index is -1.41. The fraction of sp³-hybridized carbons (Fsp3) is 0.500. The highest BCUT2D eigenvalue weighted by Gasteiger charge is 2.43. The zero-order valence-electron chi connectivity index (χ0n) is 14.0. The standard InChI is InChI=1S/C18H23NO6/c1-2-23-13(10-19)8-9-14-15(20)16(21)17(22)18(25-14)24-11-12-6-4-3-5-7-12/h3-8,14-18,20-22H,2,9,11H2,1H3/b13-8-/t14-,15-,16+,17+,18+/m1/s1. The number of hydrogen-bond donors (Lipinski definition) is 3. The number of aliphatic hydroxyl groups excluding tert-OH is 3. The van der Waals surface area contributed by atoms with Gasteiger partial charge in [-0.15, -0.1) is 0 Å². The SMILES string of the molecule is CCO/C(C#N)=C\C[C@H]1O[C@H](OCc2ccccc2)[C@@H](O)[C@@H](O)[C@@H]1O. The Morgan fingerprint density at radius 2 is 1.92 bits per heavy atom. The Bertz CT molecular complexity index is 599. The average Bonchev–Trinajstić information content (AvgIpc) is 2.64. The number of nitrogens with zero attached hydrogens (tertiary/aromatic N) is 1. The maximum Gasteiger partial charge on any atom is 0.192 e. The maximum absolute atomic E-state index is 10.1. The van der Waals surface area contributed by atoms with E-state index in [1.807, 2.05) is 36.4 Å². The van der Waals surface area contributed by atoms with Gasteiger partial charge in [-0.05, 0) is 25.0 Å². The Hall–Kier alpha value is -1.95. The number of aliphatic hydroxyl groups is 3. The highest BCUT2D eigenvalue weighted by Crippen LogP contribution is 2.25. The van der Waals surface area contributed by atoms with Gasteiger partial charge in [0.1, 0.15) is 24.4 Å². The molecule has 1 aromatic rings. The van der Waals surface area contributed by atoms with Crippen molar-refractivity contribution in [3.05, 3.63) is 47.7 Å². The third-order valence-electron chi connectivity index (χ3n) is 3.87. The Balaban J connectivity index is 2.00. The van der Waals surface area contributed by atoms with E-state index in [4.69, 9.17) is 19.5 Å². The minimum Gasteiger partial charge on any atom is -0.484 e. The van der Waals surface area contributed by atoms with Gasteiger partial charge < -0.3 is 29.5 Å². The molecule has 5 atom stereocenters. The zero-order chi connectivity index (χ0) is 18.2. The third-order valence-corrected chi connectivity index (χ3v) is 3.87. The van der Waals surface area contributed by atoms with Gasteiger partial charge in [-0.2, -0.15) is 5.26 Å². The molecule has 136 valence electrons. The van der Waals surface area contributed by atoms with Crippen molar-refractivity contribution in [2.24, 2.45) is 0 Å². The van der Waals surface area contributed by atoms with E-state index < -0.39 is 30.7 Å². The third kappa shape index (κ3) is 5.26. The largest absolute Gasteiger partial charge is 0.484 e. The zero-order valence-corrected chi connectivity index (χ0v) is 14.0. The van der Waals surface area contributed by atoms with Crippen LogP contribution < -0.4 is 0 Å². The molecule has 1 aromatic carbocycles. The molecule has 0 radical (unpaired) electrons. The van der Waals surface area contributed by atoms with E-state index in [1.54, 1.807) is 6.92 Å². The number of nitriles is 1. The summed E-state index contributed by atoms with van der Waals surface area (Å²) in [6, 6.07) is 11.2. The quantitative estimate of drug-likeness (QED) is 0.494. The van der Waals surface area contributed by atoms with Gasteiger partial charge in [0.2, 0.25) is 0 Å². The summed E-state index contributed by atoms with van der Waals surface area (Å²) < 4.78 is 16.3. The number of hydrogen-bond acceptors (Lipinski definition) is 7. The molecular formula is C18H23NO6. The van der Waals surface area contributed by atoms with E-state index in [0.717, 1.165) is 5.56 Å². The van der Waals surface area contributed by atoms with Gasteiger partial charge in [-0.1, -0.05) is 30.3 Å². The molecule has 0 aromatic heterocycles. The van der Waals surface area contributed by atoms with Gasteiger partial charge in [0.05, 0.1) is 19.3 Å². The smallest absolute Gasteiger partial charge is 0.192 e. The fourth-order valence-corrected chi connectivity index (χ4v) is 2.52. The molecule has 3 N–H and O–H groups in total. The first kappa shape index (κ1) is 19.4. The van der Waals surface area contributed by atoms with Gasteiger partial charge >= 0.3 is 0 Å². The van der Waals surface area contributed by atoms with E-state index >= 15 is 0 Å². The Morgan fingerprint density at radius 3 is 2.56 bits per heavy atom. The van der Waals surface area contributed by atoms with E-state index in [0.29, 0.717) is 6.61 Å². The molecule has 1 fully saturated rings. The Kier molecular flexibility index (Phi) is 7.37. The summed E-state index contributed by atoms with van der Waals surface area (Å²) in [6.07, 6.45) is -4.39. The normalized spacial score (nSPS) is 29.9. The fourth-order valence-electron chi connectivity index (χ4n) is 2.52. The van der Waals surface area contributed by atoms with Crippen molar-refractivity contribution in [2.45, 2.75) is 50.7 Å². The molecule has 7 nitrogen and oxygen atoms in total. The molecule has 1 aliphatic heterocycles. The highest BCUT2D eigenvalue weighted by atomic mass is 16.7. The van der Waals surface area contributed by atoms with Crippen LogP contribution in [0.5, 0.6) is 0 Å². The summed E-state index contributed by atoms with van der Waals surface area (Å²) >= 11 is 0. The molecule has 0 bridgehead atoms. The van der Waals surface area contributed by atoms with Crippen molar-refractivity contribution in [3.8, 4) is 6.07 Å². The summed E-state index contributed by atoms with van der Waals surface area (Å²) in [4.78, 5) is 0. The second kappa shape index (κ2) is 9.51. The second-order valence-electron chi connectivity index (χ2n) is 5.66. The van der Waals surface area contributed by atoms with Crippen molar-refractivity contribution >= 4 is 0 Å². The maximum atomic E-state index is 10.1. The molecule has 25 heavy (non-hydrogen) atoms. The van der Waals surface area contributed by atoms with E-state index in [1.165, 1.54) is 6.08 Å². The van der Waals surface area contributed by atoms with Gasteiger partial charge in [0, 0.05) is 0 Å². The lowest BCUT2D eigenvalue weighted by molar-refractivity contribution is -0.299. The van der Waals surface area contributed by atoms with Crippen molar-refractivity contribution in [3.63, 3.8) is 0 Å². The Labute approximate surface area is 146 Å². The first-order valence-corrected chi connectivity index (χ1v) is 8.15. The van der Waals surface area contributed by atoms with Gasteiger partial charge in [0.25, 0.3) is 0 Å². The average molecular weight is 349 g/mol. The molecule has 0 amide bonds. The number of allylic oxidation sites excluding steroid dienone is 1. The lowest BCUT2D eigenvalue weighted by atomic mass is 9.96. The van der Waals surface area contributed by atoms with Gasteiger partial charge in [-0.3, -0.25) is 0 Å². The summed E-state index contributed by atoms with van der Waals surface area (Å²) in [7, 11) is 0. The Morgan fingerprint density at radius 1 is 1.20 bits per heavy atom.